The minimum absolute atomic E-state index is 0.00460. The lowest BCUT2D eigenvalue weighted by atomic mass is 10.00. The molecular formula is C15H17F2N5O2. The van der Waals surface area contributed by atoms with Gasteiger partial charge in [-0.2, -0.15) is 10.1 Å². The fourth-order valence-corrected chi connectivity index (χ4v) is 3.39. The summed E-state index contributed by atoms with van der Waals surface area (Å²) in [5.41, 5.74) is 1.24. The van der Waals surface area contributed by atoms with Crippen LogP contribution < -0.4 is 0 Å². The minimum Gasteiger partial charge on any atom is -0.339 e. The maximum Gasteiger partial charge on any atom is 0.282 e. The lowest BCUT2D eigenvalue weighted by Gasteiger charge is -2.37. The lowest BCUT2D eigenvalue weighted by Crippen LogP contribution is -2.49. The molecule has 0 radical (unpaired) electrons. The molecule has 7 nitrogen and oxygen atoms in total. The van der Waals surface area contributed by atoms with Crippen molar-refractivity contribution < 1.29 is 18.1 Å². The number of aromatic nitrogens is 4. The first-order valence-electron chi connectivity index (χ1n) is 7.97. The second-order valence-corrected chi connectivity index (χ2v) is 6.30. The summed E-state index contributed by atoms with van der Waals surface area (Å²) in [7, 11) is 0. The zero-order valence-electron chi connectivity index (χ0n) is 13.2. The zero-order valence-corrected chi connectivity index (χ0v) is 13.2. The molecule has 3 heterocycles. The van der Waals surface area contributed by atoms with E-state index in [-0.39, 0.29) is 24.1 Å². The third-order valence-corrected chi connectivity index (χ3v) is 4.66. The van der Waals surface area contributed by atoms with E-state index in [1.807, 2.05) is 0 Å². The van der Waals surface area contributed by atoms with Crippen LogP contribution in [0, 0.1) is 6.92 Å². The van der Waals surface area contributed by atoms with Crippen molar-refractivity contribution in [1.29, 1.82) is 0 Å². The van der Waals surface area contributed by atoms with Crippen LogP contribution in [-0.2, 0) is 24.2 Å². The van der Waals surface area contributed by atoms with Gasteiger partial charge in [-0.25, -0.2) is 8.78 Å². The number of amides is 1. The molecule has 0 bridgehead atoms. The van der Waals surface area contributed by atoms with Gasteiger partial charge in [0.1, 0.15) is 12.2 Å². The summed E-state index contributed by atoms with van der Waals surface area (Å²) >= 11 is 0. The number of aryl methyl sites for hydroxylation is 1. The molecule has 0 saturated carbocycles. The molecule has 1 fully saturated rings. The molecule has 9 heteroatoms. The predicted octanol–water partition coefficient (Wildman–Crippen LogP) is 1.63. The van der Waals surface area contributed by atoms with Crippen molar-refractivity contribution in [2.24, 2.45) is 0 Å². The quantitative estimate of drug-likeness (QED) is 0.847. The fraction of sp³-hybridized carbons (Fsp3) is 0.600. The van der Waals surface area contributed by atoms with E-state index >= 15 is 0 Å². The van der Waals surface area contributed by atoms with Crippen molar-refractivity contribution in [3.8, 4) is 0 Å². The van der Waals surface area contributed by atoms with E-state index in [1.54, 1.807) is 11.8 Å². The molecule has 0 atom stereocenters. The molecule has 2 aliphatic rings. The van der Waals surface area contributed by atoms with Crippen LogP contribution in [0.25, 0.3) is 0 Å². The van der Waals surface area contributed by atoms with Gasteiger partial charge in [-0.3, -0.25) is 9.48 Å². The topological polar surface area (TPSA) is 77.0 Å². The number of hydrogen-bond acceptors (Lipinski definition) is 5. The summed E-state index contributed by atoms with van der Waals surface area (Å²) in [6, 6.07) is 0. The third kappa shape index (κ3) is 2.47. The Morgan fingerprint density at radius 1 is 1.38 bits per heavy atom. The molecule has 1 aliphatic heterocycles. The molecule has 0 unspecified atom stereocenters. The largest absolute Gasteiger partial charge is 0.339 e. The highest BCUT2D eigenvalue weighted by Gasteiger charge is 2.36. The molecule has 2 aromatic rings. The van der Waals surface area contributed by atoms with Crippen molar-refractivity contribution in [2.75, 3.05) is 13.1 Å². The Bertz CT molecular complexity index is 779. The van der Waals surface area contributed by atoms with Crippen molar-refractivity contribution in [1.82, 2.24) is 24.8 Å². The molecule has 4 rings (SSSR count). The van der Waals surface area contributed by atoms with Crippen LogP contribution in [0.1, 0.15) is 47.4 Å². The van der Waals surface area contributed by atoms with Gasteiger partial charge < -0.3 is 9.42 Å². The molecule has 2 aromatic heterocycles. The Balaban J connectivity index is 1.42. The number of hydrogen-bond donors (Lipinski definition) is 0. The van der Waals surface area contributed by atoms with Crippen LogP contribution in [0.15, 0.2) is 4.52 Å². The van der Waals surface area contributed by atoms with Crippen molar-refractivity contribution >= 4 is 5.91 Å². The normalized spacial score (nSPS) is 17.4. The summed E-state index contributed by atoms with van der Waals surface area (Å²) in [6.45, 7) is 2.76. The standard InChI is InChI=1S/C15H17F2N5O2/c1-8-18-15(24-20-8)9-5-21(6-9)12(23)7-22-11-4-2-3-10(11)13(19-22)14(16)17/h9,14H,2-7H2,1H3. The molecule has 1 aliphatic carbocycles. The van der Waals surface area contributed by atoms with Gasteiger partial charge >= 0.3 is 0 Å². The second-order valence-electron chi connectivity index (χ2n) is 6.30. The Hall–Kier alpha value is -2.32. The van der Waals surface area contributed by atoms with E-state index in [0.29, 0.717) is 43.2 Å². The average Bonchev–Trinajstić information content (AvgIpc) is 3.15. The number of halogens is 2. The molecular weight excluding hydrogens is 320 g/mol. The molecule has 1 saturated heterocycles. The van der Waals surface area contributed by atoms with Gasteiger partial charge in [-0.15, -0.1) is 0 Å². The van der Waals surface area contributed by atoms with E-state index in [4.69, 9.17) is 4.52 Å². The van der Waals surface area contributed by atoms with Gasteiger partial charge in [-0.05, 0) is 26.2 Å². The monoisotopic (exact) mass is 337 g/mol. The lowest BCUT2D eigenvalue weighted by molar-refractivity contribution is -0.136. The van der Waals surface area contributed by atoms with Gasteiger partial charge in [0, 0.05) is 24.3 Å². The number of nitrogens with zero attached hydrogens (tertiary/aromatic N) is 5. The van der Waals surface area contributed by atoms with Gasteiger partial charge in [0.25, 0.3) is 6.43 Å². The molecule has 128 valence electrons. The maximum absolute atomic E-state index is 13.1. The summed E-state index contributed by atoms with van der Waals surface area (Å²) in [6.07, 6.45) is -0.441. The number of fused-ring (bicyclic) bond motifs is 1. The number of carbonyl (C=O) groups is 1. The van der Waals surface area contributed by atoms with Crippen molar-refractivity contribution in [2.45, 2.75) is 45.1 Å². The van der Waals surface area contributed by atoms with Crippen LogP contribution in [-0.4, -0.2) is 43.8 Å². The van der Waals surface area contributed by atoms with E-state index < -0.39 is 6.43 Å². The van der Waals surface area contributed by atoms with E-state index in [1.165, 1.54) is 4.68 Å². The van der Waals surface area contributed by atoms with E-state index in [9.17, 15) is 13.6 Å². The molecule has 0 spiro atoms. The van der Waals surface area contributed by atoms with Crippen LogP contribution in [0.4, 0.5) is 8.78 Å². The fourth-order valence-electron chi connectivity index (χ4n) is 3.39. The summed E-state index contributed by atoms with van der Waals surface area (Å²) in [5.74, 6) is 1.04. The molecule has 24 heavy (non-hydrogen) atoms. The highest BCUT2D eigenvalue weighted by molar-refractivity contribution is 5.77. The number of rotatable bonds is 4. The molecule has 0 aromatic carbocycles. The maximum atomic E-state index is 13.1. The second kappa shape index (κ2) is 5.64. The van der Waals surface area contributed by atoms with Crippen LogP contribution in [0.5, 0.6) is 0 Å². The molecule has 0 N–H and O–H groups in total. The van der Waals surface area contributed by atoms with Gasteiger partial charge in [0.05, 0.1) is 5.92 Å². The Morgan fingerprint density at radius 2 is 2.17 bits per heavy atom. The number of alkyl halides is 2. The highest BCUT2D eigenvalue weighted by Crippen LogP contribution is 2.32. The Morgan fingerprint density at radius 3 is 2.83 bits per heavy atom. The van der Waals surface area contributed by atoms with Gasteiger partial charge in [0.2, 0.25) is 11.8 Å². The SMILES string of the molecule is Cc1noc(C2CN(C(=O)Cn3nc(C(F)F)c4c3CCC4)C2)n1. The number of carbonyl (C=O) groups excluding carboxylic acids is 1. The smallest absolute Gasteiger partial charge is 0.282 e. The van der Waals surface area contributed by atoms with Crippen molar-refractivity contribution in [3.05, 3.63) is 28.7 Å². The van der Waals surface area contributed by atoms with Gasteiger partial charge in [-0.1, -0.05) is 5.16 Å². The first-order valence-corrected chi connectivity index (χ1v) is 7.97. The number of likely N-dealkylation sites (tertiary alicyclic amines) is 1. The third-order valence-electron chi connectivity index (χ3n) is 4.66. The van der Waals surface area contributed by atoms with Crippen LogP contribution in [0.3, 0.4) is 0 Å². The molecule has 1 amide bonds. The first kappa shape index (κ1) is 15.2. The Labute approximate surface area is 136 Å². The summed E-state index contributed by atoms with van der Waals surface area (Å²) in [4.78, 5) is 18.2. The zero-order chi connectivity index (χ0) is 16.8. The van der Waals surface area contributed by atoms with Crippen LogP contribution >= 0.6 is 0 Å². The van der Waals surface area contributed by atoms with E-state index in [2.05, 4.69) is 15.2 Å². The summed E-state index contributed by atoms with van der Waals surface area (Å²) in [5, 5.41) is 7.71. The highest BCUT2D eigenvalue weighted by atomic mass is 19.3. The van der Waals surface area contributed by atoms with E-state index in [0.717, 1.165) is 12.1 Å². The first-order chi connectivity index (χ1) is 11.5. The van der Waals surface area contributed by atoms with Crippen molar-refractivity contribution in [3.63, 3.8) is 0 Å². The minimum atomic E-state index is -2.60. The van der Waals surface area contributed by atoms with Crippen LogP contribution in [0.2, 0.25) is 0 Å². The van der Waals surface area contributed by atoms with Gasteiger partial charge in [0.15, 0.2) is 5.82 Å². The Kier molecular flexibility index (Phi) is 3.58. The predicted molar refractivity (Wildman–Crippen MR) is 77.6 cm³/mol. The summed E-state index contributed by atoms with van der Waals surface area (Å²) < 4.78 is 32.7. The average molecular weight is 337 g/mol.